The minimum Gasteiger partial charge on any atom is -0.253 e. The number of thiophene rings is 1. The maximum Gasteiger partial charge on any atom is 0.287 e. The van der Waals surface area contributed by atoms with Crippen molar-refractivity contribution in [3.63, 3.8) is 0 Å². The molecule has 0 bridgehead atoms. The second kappa shape index (κ2) is 3.79. The molecule has 0 amide bonds. The molecule has 1 aliphatic carbocycles. The third-order valence-corrected chi connectivity index (χ3v) is 6.50. The summed E-state index contributed by atoms with van der Waals surface area (Å²) >= 11 is 1.42. The van der Waals surface area contributed by atoms with Gasteiger partial charge in [0.2, 0.25) is 0 Å². The van der Waals surface area contributed by atoms with E-state index in [4.69, 9.17) is 5.84 Å². The molecule has 0 radical (unpaired) electrons. The summed E-state index contributed by atoms with van der Waals surface area (Å²) in [4.78, 5) is 1.26. The predicted octanol–water partition coefficient (Wildman–Crippen LogP) is 1.95. The fourth-order valence-corrected chi connectivity index (χ4v) is 5.23. The highest BCUT2D eigenvalue weighted by Crippen LogP contribution is 2.43. The van der Waals surface area contributed by atoms with E-state index in [-0.39, 0.29) is 10.8 Å². The molecule has 2 N–H and O–H groups in total. The van der Waals surface area contributed by atoms with Crippen molar-refractivity contribution in [2.45, 2.75) is 38.0 Å². The number of rotatable bonds is 1. The van der Waals surface area contributed by atoms with Crippen LogP contribution in [-0.2, 0) is 10.0 Å². The number of hydrogen-bond acceptors (Lipinski definition) is 5. The van der Waals surface area contributed by atoms with Crippen molar-refractivity contribution in [2.75, 3.05) is 5.01 Å². The molecule has 98 valence electrons. The first-order valence-electron chi connectivity index (χ1n) is 5.91. The van der Waals surface area contributed by atoms with Crippen molar-refractivity contribution in [1.82, 2.24) is 0 Å². The average molecular weight is 285 g/mol. The maximum atomic E-state index is 12.2. The number of sulfonamides is 1. The Morgan fingerprint density at radius 3 is 2.61 bits per heavy atom. The summed E-state index contributed by atoms with van der Waals surface area (Å²) in [5.74, 6) is 6.76. The van der Waals surface area contributed by atoms with E-state index in [1.807, 2.05) is 6.92 Å². The van der Waals surface area contributed by atoms with Gasteiger partial charge in [-0.3, -0.25) is 5.01 Å². The van der Waals surface area contributed by atoms with Gasteiger partial charge in [-0.15, -0.1) is 15.7 Å². The van der Waals surface area contributed by atoms with Crippen LogP contribution in [0.5, 0.6) is 0 Å². The summed E-state index contributed by atoms with van der Waals surface area (Å²) in [5, 5.41) is 2.09. The topological polar surface area (TPSA) is 75.8 Å². The van der Waals surface area contributed by atoms with E-state index in [0.717, 1.165) is 29.7 Å². The zero-order valence-electron chi connectivity index (χ0n) is 10.3. The lowest BCUT2D eigenvalue weighted by molar-refractivity contribution is 0.408. The molecule has 18 heavy (non-hydrogen) atoms. The van der Waals surface area contributed by atoms with Crippen molar-refractivity contribution in [1.29, 1.82) is 0 Å². The minimum absolute atomic E-state index is 0.195. The molecule has 0 spiro atoms. The van der Waals surface area contributed by atoms with Gasteiger partial charge >= 0.3 is 0 Å². The molecule has 1 aromatic rings. The van der Waals surface area contributed by atoms with Gasteiger partial charge in [0.15, 0.2) is 0 Å². The highest BCUT2D eigenvalue weighted by Gasteiger charge is 2.38. The zero-order valence-corrected chi connectivity index (χ0v) is 11.9. The van der Waals surface area contributed by atoms with Gasteiger partial charge in [0.05, 0.1) is 0 Å². The summed E-state index contributed by atoms with van der Waals surface area (Å²) in [6.45, 7) is 3.71. The monoisotopic (exact) mass is 285 g/mol. The van der Waals surface area contributed by atoms with Crippen molar-refractivity contribution in [2.24, 2.45) is 16.2 Å². The van der Waals surface area contributed by atoms with Crippen LogP contribution in [0.25, 0.3) is 0 Å². The molecule has 1 aliphatic heterocycles. The Balaban J connectivity index is 2.19. The van der Waals surface area contributed by atoms with E-state index in [0.29, 0.717) is 10.8 Å². The van der Waals surface area contributed by atoms with Crippen LogP contribution < -0.4 is 10.9 Å². The SMILES string of the molecule is Cc1sc2c(c1C)S(=O)(=O)N=C(C1CCC1)N2N. The van der Waals surface area contributed by atoms with E-state index in [9.17, 15) is 8.42 Å². The second-order valence-corrected chi connectivity index (χ2v) is 7.58. The van der Waals surface area contributed by atoms with E-state index < -0.39 is 10.0 Å². The normalized spacial score (nSPS) is 22.4. The van der Waals surface area contributed by atoms with Crippen LogP contribution in [0, 0.1) is 19.8 Å². The molecule has 1 saturated carbocycles. The first-order valence-corrected chi connectivity index (χ1v) is 8.17. The third kappa shape index (κ3) is 1.54. The second-order valence-electron chi connectivity index (χ2n) is 4.84. The third-order valence-electron chi connectivity index (χ3n) is 3.72. The van der Waals surface area contributed by atoms with Crippen LogP contribution in [0.3, 0.4) is 0 Å². The standard InChI is InChI=1S/C11H15N3O2S2/c1-6-7(2)17-11-9(6)18(15,16)13-10(14(11)12)8-4-3-5-8/h8H,3-5,12H2,1-2H3. The van der Waals surface area contributed by atoms with Gasteiger partial charge in [-0.05, 0) is 32.3 Å². The maximum absolute atomic E-state index is 12.2. The summed E-state index contributed by atoms with van der Waals surface area (Å²) < 4.78 is 28.4. The number of aryl methyl sites for hydroxylation is 1. The van der Waals surface area contributed by atoms with E-state index in [1.54, 1.807) is 6.92 Å². The first kappa shape index (κ1) is 12.1. The largest absolute Gasteiger partial charge is 0.287 e. The van der Waals surface area contributed by atoms with E-state index in [2.05, 4.69) is 4.40 Å². The molecule has 0 saturated heterocycles. The van der Waals surface area contributed by atoms with Crippen LogP contribution in [0.1, 0.15) is 29.7 Å². The molecule has 5 nitrogen and oxygen atoms in total. The van der Waals surface area contributed by atoms with Crippen molar-refractivity contribution in [3.05, 3.63) is 10.4 Å². The Morgan fingerprint density at radius 1 is 1.39 bits per heavy atom. The lowest BCUT2D eigenvalue weighted by Crippen LogP contribution is -2.46. The number of fused-ring (bicyclic) bond motifs is 1. The molecular formula is C11H15N3O2S2. The highest BCUT2D eigenvalue weighted by atomic mass is 32.2. The summed E-state index contributed by atoms with van der Waals surface area (Å²) in [5.41, 5.74) is 0.766. The molecule has 2 heterocycles. The highest BCUT2D eigenvalue weighted by molar-refractivity contribution is 7.90. The van der Waals surface area contributed by atoms with Gasteiger partial charge in [0.1, 0.15) is 15.7 Å². The van der Waals surface area contributed by atoms with Gasteiger partial charge in [-0.1, -0.05) is 6.42 Å². The Kier molecular flexibility index (Phi) is 2.55. The first-order chi connectivity index (χ1) is 8.42. The molecular weight excluding hydrogens is 270 g/mol. The van der Waals surface area contributed by atoms with Crippen LogP contribution in [0.2, 0.25) is 0 Å². The van der Waals surface area contributed by atoms with Gasteiger partial charge in [-0.25, -0.2) is 5.84 Å². The number of hydrazine groups is 1. The fourth-order valence-electron chi connectivity index (χ4n) is 2.31. The quantitative estimate of drug-likeness (QED) is 0.800. The Labute approximate surface area is 110 Å². The molecule has 0 aromatic carbocycles. The number of nitrogens with two attached hydrogens (primary N) is 1. The Bertz CT molecular complexity index is 641. The molecule has 1 aromatic heterocycles. The molecule has 0 unspecified atom stereocenters. The van der Waals surface area contributed by atoms with Gasteiger partial charge in [0, 0.05) is 10.8 Å². The molecule has 0 atom stereocenters. The summed E-state index contributed by atoms with van der Waals surface area (Å²) in [7, 11) is -3.58. The summed E-state index contributed by atoms with van der Waals surface area (Å²) in [6.07, 6.45) is 3.06. The molecule has 3 rings (SSSR count). The Morgan fingerprint density at radius 2 is 2.06 bits per heavy atom. The molecule has 7 heteroatoms. The lowest BCUT2D eigenvalue weighted by Gasteiger charge is -2.33. The number of nitrogens with zero attached hydrogens (tertiary/aromatic N) is 2. The van der Waals surface area contributed by atoms with Crippen molar-refractivity contribution >= 4 is 32.2 Å². The number of anilines is 1. The van der Waals surface area contributed by atoms with Crippen LogP contribution >= 0.6 is 11.3 Å². The van der Waals surface area contributed by atoms with Crippen molar-refractivity contribution in [3.8, 4) is 0 Å². The Hall–Kier alpha value is -0.920. The van der Waals surface area contributed by atoms with Crippen molar-refractivity contribution < 1.29 is 8.42 Å². The van der Waals surface area contributed by atoms with Crippen LogP contribution in [-0.4, -0.2) is 14.3 Å². The smallest absolute Gasteiger partial charge is 0.253 e. The zero-order chi connectivity index (χ0) is 13.1. The van der Waals surface area contributed by atoms with E-state index >= 15 is 0 Å². The van der Waals surface area contributed by atoms with Gasteiger partial charge < -0.3 is 0 Å². The van der Waals surface area contributed by atoms with E-state index in [1.165, 1.54) is 16.3 Å². The number of hydrogen-bond donors (Lipinski definition) is 1. The molecule has 1 fully saturated rings. The predicted molar refractivity (Wildman–Crippen MR) is 72.4 cm³/mol. The summed E-state index contributed by atoms with van der Waals surface area (Å²) in [6, 6.07) is 0. The van der Waals surface area contributed by atoms with Crippen LogP contribution in [0.15, 0.2) is 9.29 Å². The lowest BCUT2D eigenvalue weighted by atomic mass is 9.84. The van der Waals surface area contributed by atoms with Gasteiger partial charge in [-0.2, -0.15) is 8.42 Å². The number of amidine groups is 1. The van der Waals surface area contributed by atoms with Crippen LogP contribution in [0.4, 0.5) is 5.00 Å². The van der Waals surface area contributed by atoms with Gasteiger partial charge in [0.25, 0.3) is 10.0 Å². The fraction of sp³-hybridized carbons (Fsp3) is 0.545. The minimum atomic E-state index is -3.58. The average Bonchev–Trinajstić information content (AvgIpc) is 2.50. The molecule has 2 aliphatic rings.